The number of hydrogen-bond acceptors (Lipinski definition) is 7. The van der Waals surface area contributed by atoms with Gasteiger partial charge in [-0.05, 0) is 30.5 Å². The van der Waals surface area contributed by atoms with E-state index in [-0.39, 0.29) is 10.6 Å². The van der Waals surface area contributed by atoms with Crippen LogP contribution in [0.3, 0.4) is 0 Å². The topological polar surface area (TPSA) is 102 Å². The second-order valence-corrected chi connectivity index (χ2v) is 8.88. The van der Waals surface area contributed by atoms with Crippen molar-refractivity contribution in [3.05, 3.63) is 52.6 Å². The van der Waals surface area contributed by atoms with Gasteiger partial charge in [-0.15, -0.1) is 0 Å². The maximum Gasteiger partial charge on any atom is 0.270 e. The van der Waals surface area contributed by atoms with E-state index in [0.717, 1.165) is 43.3 Å². The highest BCUT2D eigenvalue weighted by Crippen LogP contribution is 2.29. The number of nitro groups is 1. The number of rotatable bonds is 7. The maximum absolute atomic E-state index is 12.0. The lowest BCUT2D eigenvalue weighted by atomic mass is 10.1. The van der Waals surface area contributed by atoms with Crippen molar-refractivity contribution in [2.45, 2.75) is 11.3 Å². The number of anilines is 2. The summed E-state index contributed by atoms with van der Waals surface area (Å²) in [6.07, 6.45) is 2.02. The Hall–Kier alpha value is -2.81. The van der Waals surface area contributed by atoms with E-state index in [1.165, 1.54) is 12.1 Å². The molecule has 2 aromatic rings. The van der Waals surface area contributed by atoms with Gasteiger partial charge in [0.1, 0.15) is 5.75 Å². The normalized spacial score (nSPS) is 16.8. The van der Waals surface area contributed by atoms with E-state index in [4.69, 9.17) is 4.74 Å². The summed E-state index contributed by atoms with van der Waals surface area (Å²) in [5, 5.41) is 14.1. The molecule has 9 heteroatoms. The van der Waals surface area contributed by atoms with Crippen molar-refractivity contribution in [2.75, 3.05) is 43.2 Å². The van der Waals surface area contributed by atoms with Crippen molar-refractivity contribution >= 4 is 26.9 Å². The first-order valence-corrected chi connectivity index (χ1v) is 10.8. The number of nitrogens with one attached hydrogen (secondary N) is 1. The van der Waals surface area contributed by atoms with Crippen LogP contribution in [-0.4, -0.2) is 46.3 Å². The van der Waals surface area contributed by atoms with Gasteiger partial charge in [-0.25, -0.2) is 8.42 Å². The maximum atomic E-state index is 12.0. The minimum absolute atomic E-state index is 0.0515. The van der Waals surface area contributed by atoms with E-state index in [2.05, 4.69) is 10.2 Å². The Morgan fingerprint density at radius 3 is 2.75 bits per heavy atom. The molecule has 0 spiro atoms. The first-order valence-electron chi connectivity index (χ1n) is 8.89. The Kier molecular flexibility index (Phi) is 5.73. The SMILES string of the molecule is COc1cccc(N2CCC(CNc3ccc([N+](=O)[O-])cc3S(C)(=O)=O)C2)c1. The molecule has 150 valence electrons. The predicted molar refractivity (Wildman–Crippen MR) is 108 cm³/mol. The minimum Gasteiger partial charge on any atom is -0.497 e. The molecule has 0 aromatic heterocycles. The van der Waals surface area contributed by atoms with Gasteiger partial charge in [-0.2, -0.15) is 0 Å². The van der Waals surface area contributed by atoms with Crippen LogP contribution in [-0.2, 0) is 9.84 Å². The van der Waals surface area contributed by atoms with Crippen LogP contribution in [0.15, 0.2) is 47.4 Å². The average molecular weight is 405 g/mol. The quantitative estimate of drug-likeness (QED) is 0.558. The summed E-state index contributed by atoms with van der Waals surface area (Å²) in [7, 11) is -1.95. The van der Waals surface area contributed by atoms with Crippen LogP contribution < -0.4 is 15.0 Å². The van der Waals surface area contributed by atoms with Crippen LogP contribution in [0, 0.1) is 16.0 Å². The zero-order chi connectivity index (χ0) is 20.3. The molecule has 0 aliphatic carbocycles. The number of methoxy groups -OCH3 is 1. The van der Waals surface area contributed by atoms with Gasteiger partial charge in [0, 0.05) is 49.8 Å². The Morgan fingerprint density at radius 2 is 2.07 bits per heavy atom. The summed E-state index contributed by atoms with van der Waals surface area (Å²) in [6, 6.07) is 11.8. The Bertz CT molecular complexity index is 977. The third-order valence-electron chi connectivity index (χ3n) is 4.86. The molecule has 0 amide bonds. The third kappa shape index (κ3) is 4.53. The molecule has 1 fully saturated rings. The van der Waals surface area contributed by atoms with Gasteiger partial charge in [-0.1, -0.05) is 6.07 Å². The molecule has 1 unspecified atom stereocenters. The lowest BCUT2D eigenvalue weighted by molar-refractivity contribution is -0.385. The highest BCUT2D eigenvalue weighted by atomic mass is 32.2. The second-order valence-electron chi connectivity index (χ2n) is 6.89. The van der Waals surface area contributed by atoms with Gasteiger partial charge in [-0.3, -0.25) is 10.1 Å². The van der Waals surface area contributed by atoms with Crippen molar-refractivity contribution in [3.8, 4) is 5.75 Å². The van der Waals surface area contributed by atoms with Crippen LogP contribution in [0.2, 0.25) is 0 Å². The predicted octanol–water partition coefficient (Wildman–Crippen LogP) is 2.95. The summed E-state index contributed by atoms with van der Waals surface area (Å²) in [5.74, 6) is 1.14. The second kappa shape index (κ2) is 8.05. The fraction of sp³-hybridized carbons (Fsp3) is 0.368. The molecule has 1 atom stereocenters. The molecule has 1 saturated heterocycles. The highest BCUT2D eigenvalue weighted by Gasteiger charge is 2.24. The number of hydrogen-bond donors (Lipinski definition) is 1. The van der Waals surface area contributed by atoms with Crippen LogP contribution in [0.25, 0.3) is 0 Å². The molecule has 1 aliphatic rings. The number of nitrogens with zero attached hydrogens (tertiary/aromatic N) is 2. The molecule has 0 saturated carbocycles. The molecular formula is C19H23N3O5S. The monoisotopic (exact) mass is 405 g/mol. The number of benzene rings is 2. The summed E-state index contributed by atoms with van der Waals surface area (Å²) in [4.78, 5) is 12.6. The molecule has 28 heavy (non-hydrogen) atoms. The van der Waals surface area contributed by atoms with Crippen molar-refractivity contribution in [2.24, 2.45) is 5.92 Å². The van der Waals surface area contributed by atoms with Gasteiger partial charge in [0.15, 0.2) is 9.84 Å². The lowest BCUT2D eigenvalue weighted by Gasteiger charge is -2.20. The van der Waals surface area contributed by atoms with Crippen LogP contribution >= 0.6 is 0 Å². The molecule has 0 bridgehead atoms. The Labute approximate surface area is 164 Å². The van der Waals surface area contributed by atoms with Crippen molar-refractivity contribution < 1.29 is 18.1 Å². The molecule has 1 N–H and O–H groups in total. The number of nitro benzene ring substituents is 1. The molecule has 1 aliphatic heterocycles. The molecule has 1 heterocycles. The van der Waals surface area contributed by atoms with Crippen LogP contribution in [0.4, 0.5) is 17.1 Å². The number of ether oxygens (including phenoxy) is 1. The van der Waals surface area contributed by atoms with Crippen molar-refractivity contribution in [1.29, 1.82) is 0 Å². The standard InChI is InChI=1S/C19H23N3O5S/c1-27-17-5-3-4-15(10-17)21-9-8-14(13-21)12-20-18-7-6-16(22(23)24)11-19(18)28(2,25)26/h3-7,10-11,14,20H,8-9,12-13H2,1-2H3. The molecule has 2 aromatic carbocycles. The van der Waals surface area contributed by atoms with Crippen LogP contribution in [0.5, 0.6) is 5.75 Å². The Balaban J connectivity index is 1.69. The lowest BCUT2D eigenvalue weighted by Crippen LogP contribution is -2.22. The van der Waals surface area contributed by atoms with Crippen LogP contribution in [0.1, 0.15) is 6.42 Å². The highest BCUT2D eigenvalue weighted by molar-refractivity contribution is 7.90. The Morgan fingerprint density at radius 1 is 1.29 bits per heavy atom. The summed E-state index contributed by atoms with van der Waals surface area (Å²) in [5.41, 5.74) is 1.25. The van der Waals surface area contributed by atoms with E-state index >= 15 is 0 Å². The fourth-order valence-corrected chi connectivity index (χ4v) is 4.25. The minimum atomic E-state index is -3.59. The van der Waals surface area contributed by atoms with Gasteiger partial charge in [0.2, 0.25) is 0 Å². The smallest absolute Gasteiger partial charge is 0.270 e. The summed E-state index contributed by atoms with van der Waals surface area (Å²) >= 11 is 0. The number of non-ortho nitro benzene ring substituents is 1. The van der Waals surface area contributed by atoms with Gasteiger partial charge < -0.3 is 15.0 Å². The summed E-state index contributed by atoms with van der Waals surface area (Å²) in [6.45, 7) is 2.32. The van der Waals surface area contributed by atoms with Gasteiger partial charge >= 0.3 is 0 Å². The van der Waals surface area contributed by atoms with Crippen molar-refractivity contribution in [3.63, 3.8) is 0 Å². The number of sulfone groups is 1. The van der Waals surface area contributed by atoms with E-state index in [9.17, 15) is 18.5 Å². The van der Waals surface area contributed by atoms with E-state index in [0.29, 0.717) is 18.2 Å². The van der Waals surface area contributed by atoms with E-state index < -0.39 is 14.8 Å². The molecule has 8 nitrogen and oxygen atoms in total. The first-order chi connectivity index (χ1) is 13.3. The largest absolute Gasteiger partial charge is 0.497 e. The average Bonchev–Trinajstić information content (AvgIpc) is 3.14. The zero-order valence-electron chi connectivity index (χ0n) is 15.8. The zero-order valence-corrected chi connectivity index (χ0v) is 16.6. The molecular weight excluding hydrogens is 382 g/mol. The summed E-state index contributed by atoms with van der Waals surface area (Å²) < 4.78 is 29.4. The van der Waals surface area contributed by atoms with E-state index in [1.807, 2.05) is 24.3 Å². The van der Waals surface area contributed by atoms with Crippen molar-refractivity contribution in [1.82, 2.24) is 0 Å². The third-order valence-corrected chi connectivity index (χ3v) is 6.00. The first kappa shape index (κ1) is 19.9. The molecule has 3 rings (SSSR count). The fourth-order valence-electron chi connectivity index (χ4n) is 3.37. The van der Waals surface area contributed by atoms with Gasteiger partial charge in [0.05, 0.1) is 22.6 Å². The van der Waals surface area contributed by atoms with Gasteiger partial charge in [0.25, 0.3) is 5.69 Å². The molecule has 0 radical (unpaired) electrons. The van der Waals surface area contributed by atoms with E-state index in [1.54, 1.807) is 7.11 Å².